The molecule has 1 aromatic rings. The number of hydrogen-bond donors (Lipinski definition) is 0. The molecule has 0 bridgehead atoms. The van der Waals surface area contributed by atoms with Crippen LogP contribution in [0.25, 0.3) is 6.08 Å². The van der Waals surface area contributed by atoms with Gasteiger partial charge in [0.25, 0.3) is 0 Å². The van der Waals surface area contributed by atoms with Gasteiger partial charge in [-0.3, -0.25) is 0 Å². The molecule has 1 heteroatoms. The summed E-state index contributed by atoms with van der Waals surface area (Å²) in [5.74, 6) is 3.72. The average Bonchev–Trinajstić information content (AvgIpc) is 2.68. The van der Waals surface area contributed by atoms with Crippen LogP contribution in [0.4, 0.5) is 0 Å². The molecule has 0 saturated carbocycles. The zero-order chi connectivity index (χ0) is 22.1. The molecule has 30 heavy (non-hydrogen) atoms. The van der Waals surface area contributed by atoms with Crippen LogP contribution in [0.2, 0.25) is 0 Å². The molecule has 1 aliphatic heterocycles. The third-order valence-corrected chi connectivity index (χ3v) is 7.16. The summed E-state index contributed by atoms with van der Waals surface area (Å²) >= 11 is 0. The van der Waals surface area contributed by atoms with Crippen molar-refractivity contribution in [3.8, 4) is 5.75 Å². The molecule has 0 aromatic heterocycles. The first-order chi connectivity index (χ1) is 14.2. The number of hydrogen-bond acceptors (Lipinski definition) is 1. The monoisotopic (exact) mass is 412 g/mol. The smallest absolute Gasteiger partial charge is 0.126 e. The molecule has 0 saturated heterocycles. The van der Waals surface area contributed by atoms with E-state index in [0.29, 0.717) is 0 Å². The normalized spacial score (nSPS) is 20.5. The van der Waals surface area contributed by atoms with E-state index in [1.54, 1.807) is 0 Å². The standard InChI is InChI=1S/C29H48O/c1-8-26-20-25(6)28-27(21-26)17-19-29(7,30-28)18-11-16-24(5)15-10-14-23(4)13-9-12-22(2)3/h8,20-24H,1,9-19H2,2-7H3/t23-,24-,29+/m1/s1. The van der Waals surface area contributed by atoms with E-state index in [9.17, 15) is 0 Å². The SMILES string of the molecule is C=Cc1cc(C)c2c(c1)CC[C@](C)(CCC[C@H](C)CCC[C@H](C)CCCC(C)C)O2. The first-order valence-electron chi connectivity index (χ1n) is 12.7. The van der Waals surface area contributed by atoms with Gasteiger partial charge in [0.15, 0.2) is 0 Å². The summed E-state index contributed by atoms with van der Waals surface area (Å²) in [5, 5.41) is 0. The van der Waals surface area contributed by atoms with E-state index in [-0.39, 0.29) is 5.60 Å². The van der Waals surface area contributed by atoms with E-state index >= 15 is 0 Å². The number of ether oxygens (including phenoxy) is 1. The van der Waals surface area contributed by atoms with Crippen LogP contribution in [0.15, 0.2) is 18.7 Å². The van der Waals surface area contributed by atoms with Gasteiger partial charge in [0.1, 0.15) is 11.4 Å². The molecule has 0 amide bonds. The van der Waals surface area contributed by atoms with Crippen molar-refractivity contribution < 1.29 is 4.74 Å². The summed E-state index contributed by atoms with van der Waals surface area (Å²) in [5.41, 5.74) is 3.82. The molecular formula is C29H48O. The minimum atomic E-state index is -0.00188. The van der Waals surface area contributed by atoms with Crippen molar-refractivity contribution in [2.45, 2.75) is 118 Å². The molecule has 0 fully saturated rings. The molecule has 2 rings (SSSR count). The third kappa shape index (κ3) is 8.12. The molecule has 1 aromatic carbocycles. The van der Waals surface area contributed by atoms with Gasteiger partial charge in [-0.25, -0.2) is 0 Å². The lowest BCUT2D eigenvalue weighted by atomic mass is 9.85. The molecule has 0 unspecified atom stereocenters. The maximum Gasteiger partial charge on any atom is 0.126 e. The van der Waals surface area contributed by atoms with Crippen LogP contribution in [0.1, 0.15) is 116 Å². The number of fused-ring (bicyclic) bond motifs is 1. The summed E-state index contributed by atoms with van der Waals surface area (Å²) in [4.78, 5) is 0. The Bertz CT molecular complexity index is 659. The van der Waals surface area contributed by atoms with E-state index in [1.165, 1.54) is 74.5 Å². The van der Waals surface area contributed by atoms with Crippen LogP contribution in [-0.2, 0) is 6.42 Å². The van der Waals surface area contributed by atoms with Gasteiger partial charge in [-0.2, -0.15) is 0 Å². The topological polar surface area (TPSA) is 9.23 Å². The van der Waals surface area contributed by atoms with Gasteiger partial charge in [-0.1, -0.05) is 85.3 Å². The van der Waals surface area contributed by atoms with Crippen molar-refractivity contribution in [2.75, 3.05) is 0 Å². The minimum absolute atomic E-state index is 0.00188. The fourth-order valence-corrected chi connectivity index (χ4v) is 5.00. The van der Waals surface area contributed by atoms with Crippen LogP contribution >= 0.6 is 0 Å². The highest BCUT2D eigenvalue weighted by molar-refractivity contribution is 5.55. The molecule has 3 atom stereocenters. The lowest BCUT2D eigenvalue weighted by Gasteiger charge is -2.37. The fraction of sp³-hybridized carbons (Fsp3) is 0.724. The highest BCUT2D eigenvalue weighted by Crippen LogP contribution is 2.39. The molecule has 0 spiro atoms. The Hall–Kier alpha value is -1.24. The summed E-state index contributed by atoms with van der Waals surface area (Å²) < 4.78 is 6.56. The van der Waals surface area contributed by atoms with Crippen molar-refractivity contribution in [3.05, 3.63) is 35.4 Å². The Morgan fingerprint density at radius 2 is 1.57 bits per heavy atom. The summed E-state index contributed by atoms with van der Waals surface area (Å²) in [6.07, 6.45) is 16.4. The molecule has 170 valence electrons. The maximum absolute atomic E-state index is 6.56. The largest absolute Gasteiger partial charge is 0.487 e. The molecule has 0 radical (unpaired) electrons. The molecule has 1 nitrogen and oxygen atoms in total. The second-order valence-corrected chi connectivity index (χ2v) is 10.9. The summed E-state index contributed by atoms with van der Waals surface area (Å²) in [6.45, 7) is 18.0. The van der Waals surface area contributed by atoms with Crippen LogP contribution in [0, 0.1) is 24.7 Å². The van der Waals surface area contributed by atoms with Crippen molar-refractivity contribution in [3.63, 3.8) is 0 Å². The highest BCUT2D eigenvalue weighted by atomic mass is 16.5. The third-order valence-electron chi connectivity index (χ3n) is 7.16. The van der Waals surface area contributed by atoms with Gasteiger partial charge in [0.05, 0.1) is 0 Å². The molecular weight excluding hydrogens is 364 g/mol. The second kappa shape index (κ2) is 12.0. The predicted molar refractivity (Wildman–Crippen MR) is 133 cm³/mol. The van der Waals surface area contributed by atoms with Crippen molar-refractivity contribution >= 4 is 6.08 Å². The lowest BCUT2D eigenvalue weighted by Crippen LogP contribution is -2.36. The fourth-order valence-electron chi connectivity index (χ4n) is 5.00. The zero-order valence-corrected chi connectivity index (χ0v) is 20.9. The molecule has 1 aliphatic rings. The Morgan fingerprint density at radius 1 is 0.967 bits per heavy atom. The minimum Gasteiger partial charge on any atom is -0.487 e. The maximum atomic E-state index is 6.56. The predicted octanol–water partition coefficient (Wildman–Crippen LogP) is 9.16. The Labute approximate surface area is 187 Å². The van der Waals surface area contributed by atoms with E-state index in [4.69, 9.17) is 4.74 Å². The summed E-state index contributed by atoms with van der Waals surface area (Å²) in [6, 6.07) is 4.45. The zero-order valence-electron chi connectivity index (χ0n) is 20.9. The quantitative estimate of drug-likeness (QED) is 0.314. The Morgan fingerprint density at radius 3 is 2.17 bits per heavy atom. The molecule has 0 aliphatic carbocycles. The summed E-state index contributed by atoms with van der Waals surface area (Å²) in [7, 11) is 0. The Kier molecular flexibility index (Phi) is 9.98. The first kappa shape index (κ1) is 25.0. The van der Waals surface area contributed by atoms with Gasteiger partial charge < -0.3 is 4.74 Å². The van der Waals surface area contributed by atoms with Crippen LogP contribution < -0.4 is 4.74 Å². The number of aryl methyl sites for hydroxylation is 2. The van der Waals surface area contributed by atoms with Gasteiger partial charge in [-0.15, -0.1) is 0 Å². The van der Waals surface area contributed by atoms with Crippen molar-refractivity contribution in [1.82, 2.24) is 0 Å². The van der Waals surface area contributed by atoms with Crippen LogP contribution in [0.3, 0.4) is 0 Å². The van der Waals surface area contributed by atoms with E-state index < -0.39 is 0 Å². The number of rotatable bonds is 13. The second-order valence-electron chi connectivity index (χ2n) is 10.9. The highest BCUT2D eigenvalue weighted by Gasteiger charge is 2.32. The van der Waals surface area contributed by atoms with Crippen molar-refractivity contribution in [2.24, 2.45) is 17.8 Å². The van der Waals surface area contributed by atoms with Gasteiger partial charge in [0, 0.05) is 0 Å². The average molecular weight is 413 g/mol. The van der Waals surface area contributed by atoms with Crippen LogP contribution in [0.5, 0.6) is 5.75 Å². The first-order valence-corrected chi connectivity index (χ1v) is 12.7. The van der Waals surface area contributed by atoms with Gasteiger partial charge in [0.2, 0.25) is 0 Å². The lowest BCUT2D eigenvalue weighted by molar-refractivity contribution is 0.0516. The van der Waals surface area contributed by atoms with E-state index in [2.05, 4.69) is 60.3 Å². The van der Waals surface area contributed by atoms with Gasteiger partial charge >= 0.3 is 0 Å². The molecule has 0 N–H and O–H groups in total. The van der Waals surface area contributed by atoms with Gasteiger partial charge in [-0.05, 0) is 86.1 Å². The van der Waals surface area contributed by atoms with E-state index in [0.717, 1.165) is 36.3 Å². The Balaban J connectivity index is 1.68. The van der Waals surface area contributed by atoms with E-state index in [1.807, 2.05) is 6.08 Å². The van der Waals surface area contributed by atoms with Crippen molar-refractivity contribution in [1.29, 1.82) is 0 Å². The molecule has 1 heterocycles. The number of benzene rings is 1. The van der Waals surface area contributed by atoms with Crippen LogP contribution in [-0.4, -0.2) is 5.60 Å².